The first-order chi connectivity index (χ1) is 10.3. The maximum Gasteiger partial charge on any atom is 0.163 e. The van der Waals surface area contributed by atoms with Crippen molar-refractivity contribution >= 4 is 81.4 Å². The van der Waals surface area contributed by atoms with E-state index < -0.39 is 0 Å². The Morgan fingerprint density at radius 1 is 0.591 bits per heavy atom. The molecular formula is C14H6Cl6OS. The van der Waals surface area contributed by atoms with E-state index in [1.807, 2.05) is 0 Å². The van der Waals surface area contributed by atoms with Crippen LogP contribution in [0, 0.1) is 13.8 Å². The molecule has 1 heterocycles. The monoisotopic (exact) mass is 432 g/mol. The zero-order chi connectivity index (χ0) is 16.3. The molecule has 0 aliphatic carbocycles. The van der Waals surface area contributed by atoms with Gasteiger partial charge in [0, 0.05) is 0 Å². The standard InChI is InChI=1S/C14H6Cl6OS/c1-3-5(15)9(19)11-13(7(3)17)22-14-8(18)4(2)6(16)10(20)12(14)21-11/h1-2H3. The molecule has 1 aliphatic rings. The van der Waals surface area contributed by atoms with Crippen LogP contribution in [0.25, 0.3) is 0 Å². The number of benzene rings is 2. The lowest BCUT2D eigenvalue weighted by molar-refractivity contribution is 0.455. The van der Waals surface area contributed by atoms with Crippen molar-refractivity contribution in [1.29, 1.82) is 0 Å². The fraction of sp³-hybridized carbons (Fsp3) is 0.143. The molecule has 1 aliphatic heterocycles. The molecular weight excluding hydrogens is 429 g/mol. The van der Waals surface area contributed by atoms with Crippen LogP contribution in [0.2, 0.25) is 30.1 Å². The molecule has 0 fully saturated rings. The third-order valence-electron chi connectivity index (χ3n) is 3.32. The van der Waals surface area contributed by atoms with Gasteiger partial charge >= 0.3 is 0 Å². The van der Waals surface area contributed by atoms with Crippen LogP contribution in [0.1, 0.15) is 11.1 Å². The molecule has 0 saturated carbocycles. The minimum Gasteiger partial charge on any atom is -0.452 e. The van der Waals surface area contributed by atoms with Gasteiger partial charge in [0.05, 0.1) is 29.9 Å². The predicted molar refractivity (Wildman–Crippen MR) is 96.6 cm³/mol. The zero-order valence-corrected chi connectivity index (χ0v) is 16.4. The fourth-order valence-corrected chi connectivity index (χ4v) is 4.90. The summed E-state index contributed by atoms with van der Waals surface area (Å²) in [7, 11) is 0. The summed E-state index contributed by atoms with van der Waals surface area (Å²) in [5.41, 5.74) is 1.36. The van der Waals surface area contributed by atoms with E-state index in [0.717, 1.165) is 0 Å². The van der Waals surface area contributed by atoms with Crippen molar-refractivity contribution in [2.24, 2.45) is 0 Å². The zero-order valence-electron chi connectivity index (χ0n) is 11.1. The fourth-order valence-electron chi connectivity index (χ4n) is 2.03. The third-order valence-corrected chi connectivity index (χ3v) is 7.54. The second-order valence-electron chi connectivity index (χ2n) is 4.65. The normalized spacial score (nSPS) is 12.7. The van der Waals surface area contributed by atoms with E-state index >= 15 is 0 Å². The molecule has 1 nitrogen and oxygen atoms in total. The highest BCUT2D eigenvalue weighted by Gasteiger charge is 2.31. The van der Waals surface area contributed by atoms with Gasteiger partial charge in [0.2, 0.25) is 0 Å². The van der Waals surface area contributed by atoms with Gasteiger partial charge < -0.3 is 4.74 Å². The number of hydrogen-bond donors (Lipinski definition) is 0. The van der Waals surface area contributed by atoms with Crippen molar-refractivity contribution < 1.29 is 4.74 Å². The number of rotatable bonds is 0. The highest BCUT2D eigenvalue weighted by Crippen LogP contribution is 2.60. The summed E-state index contributed by atoms with van der Waals surface area (Å²) < 4.78 is 5.85. The maximum absolute atomic E-state index is 6.37. The quantitative estimate of drug-likeness (QED) is 0.328. The maximum atomic E-state index is 6.37. The van der Waals surface area contributed by atoms with Crippen molar-refractivity contribution in [2.75, 3.05) is 0 Å². The molecule has 22 heavy (non-hydrogen) atoms. The molecule has 2 aromatic carbocycles. The Labute approximate surface area is 161 Å². The molecule has 0 unspecified atom stereocenters. The summed E-state index contributed by atoms with van der Waals surface area (Å²) in [4.78, 5) is 1.31. The first-order valence-electron chi connectivity index (χ1n) is 5.95. The topological polar surface area (TPSA) is 9.23 Å². The van der Waals surface area contributed by atoms with Gasteiger partial charge in [0.25, 0.3) is 0 Å². The number of halogens is 6. The number of hydrogen-bond acceptors (Lipinski definition) is 2. The number of fused-ring (bicyclic) bond motifs is 2. The van der Waals surface area contributed by atoms with Crippen LogP contribution >= 0.6 is 81.4 Å². The van der Waals surface area contributed by atoms with E-state index in [1.54, 1.807) is 13.8 Å². The van der Waals surface area contributed by atoms with Crippen LogP contribution in [0.4, 0.5) is 0 Å². The van der Waals surface area contributed by atoms with Crippen LogP contribution in [0.15, 0.2) is 9.79 Å². The molecule has 2 aromatic rings. The van der Waals surface area contributed by atoms with Crippen molar-refractivity contribution in [1.82, 2.24) is 0 Å². The molecule has 0 spiro atoms. The van der Waals surface area contributed by atoms with Gasteiger partial charge in [-0.3, -0.25) is 0 Å². The van der Waals surface area contributed by atoms with Crippen molar-refractivity contribution in [3.05, 3.63) is 41.3 Å². The molecule has 8 heteroatoms. The van der Waals surface area contributed by atoms with Gasteiger partial charge in [0.15, 0.2) is 11.5 Å². The summed E-state index contributed by atoms with van der Waals surface area (Å²) in [6, 6.07) is 0. The first-order valence-corrected chi connectivity index (χ1v) is 9.03. The predicted octanol–water partition coefficient (Wildman–Crippen LogP) is 8.48. The molecule has 0 saturated heterocycles. The van der Waals surface area contributed by atoms with Gasteiger partial charge in [-0.25, -0.2) is 0 Å². The Kier molecular flexibility index (Phi) is 4.68. The molecule has 116 valence electrons. The summed E-state index contributed by atoms with van der Waals surface area (Å²) >= 11 is 39.0. The van der Waals surface area contributed by atoms with Gasteiger partial charge in [-0.2, -0.15) is 0 Å². The lowest BCUT2D eigenvalue weighted by atomic mass is 10.2. The van der Waals surface area contributed by atoms with Crippen molar-refractivity contribution in [2.45, 2.75) is 23.6 Å². The van der Waals surface area contributed by atoms with Crippen LogP contribution in [-0.4, -0.2) is 0 Å². The third kappa shape index (κ3) is 2.39. The summed E-state index contributed by atoms with van der Waals surface area (Å²) in [6.07, 6.45) is 0. The smallest absolute Gasteiger partial charge is 0.163 e. The largest absolute Gasteiger partial charge is 0.452 e. The summed E-state index contributed by atoms with van der Waals surface area (Å²) in [6.45, 7) is 3.57. The van der Waals surface area contributed by atoms with E-state index in [4.69, 9.17) is 74.3 Å². The van der Waals surface area contributed by atoms with Gasteiger partial charge in [-0.05, 0) is 25.0 Å². The SMILES string of the molecule is Cc1c(Cl)c(Cl)c2c(c1Cl)Sc1c(Cl)c(C)c(Cl)c(Cl)c1O2. The van der Waals surface area contributed by atoms with E-state index in [0.29, 0.717) is 52.5 Å². The van der Waals surface area contributed by atoms with Gasteiger partial charge in [-0.15, -0.1) is 0 Å². The Balaban J connectivity index is 2.32. The Bertz CT molecular complexity index is 698. The highest BCUT2D eigenvalue weighted by atomic mass is 35.5. The molecule has 0 aromatic heterocycles. The highest BCUT2D eigenvalue weighted by molar-refractivity contribution is 7.99. The van der Waals surface area contributed by atoms with E-state index in [2.05, 4.69) is 0 Å². The van der Waals surface area contributed by atoms with Crippen LogP contribution in [0.5, 0.6) is 11.5 Å². The molecule has 0 N–H and O–H groups in total. The van der Waals surface area contributed by atoms with E-state index in [-0.39, 0.29) is 10.0 Å². The van der Waals surface area contributed by atoms with Gasteiger partial charge in [0.1, 0.15) is 10.0 Å². The van der Waals surface area contributed by atoms with Crippen LogP contribution in [-0.2, 0) is 0 Å². The van der Waals surface area contributed by atoms with Crippen LogP contribution in [0.3, 0.4) is 0 Å². The summed E-state index contributed by atoms with van der Waals surface area (Å²) in [5.74, 6) is 0.718. The number of ether oxygens (including phenoxy) is 1. The minimum atomic E-state index is 0.278. The van der Waals surface area contributed by atoms with Gasteiger partial charge in [-0.1, -0.05) is 81.4 Å². The first kappa shape index (κ1) is 17.2. The van der Waals surface area contributed by atoms with Crippen molar-refractivity contribution in [3.63, 3.8) is 0 Å². The average molecular weight is 435 g/mol. The molecule has 0 amide bonds. The molecule has 0 radical (unpaired) electrons. The molecule has 0 atom stereocenters. The lowest BCUT2D eigenvalue weighted by Gasteiger charge is -2.26. The molecule has 0 bridgehead atoms. The average Bonchev–Trinajstić information content (AvgIpc) is 2.52. The van der Waals surface area contributed by atoms with E-state index in [9.17, 15) is 0 Å². The Hall–Kier alpha value is 0.330. The van der Waals surface area contributed by atoms with Crippen molar-refractivity contribution in [3.8, 4) is 11.5 Å². The summed E-state index contributed by atoms with van der Waals surface area (Å²) in [5, 5.41) is 2.19. The second-order valence-corrected chi connectivity index (χ2v) is 7.94. The minimum absolute atomic E-state index is 0.278. The van der Waals surface area contributed by atoms with E-state index in [1.165, 1.54) is 11.8 Å². The Morgan fingerprint density at radius 2 is 0.955 bits per heavy atom. The second kappa shape index (κ2) is 6.00. The lowest BCUT2D eigenvalue weighted by Crippen LogP contribution is -2.01. The molecule has 3 rings (SSSR count). The Morgan fingerprint density at radius 3 is 1.32 bits per heavy atom. The van der Waals surface area contributed by atoms with Crippen LogP contribution < -0.4 is 4.74 Å².